The number of nitrogens with one attached hydrogen (secondary N) is 5. The molecule has 2 heterocycles. The minimum atomic E-state index is -1.55. The Morgan fingerprint density at radius 1 is 0.582 bits per heavy atom. The Morgan fingerprint density at radius 3 is 1.49 bits per heavy atom. The van der Waals surface area contributed by atoms with Crippen molar-refractivity contribution in [3.8, 4) is 0 Å². The molecule has 0 unspecified atom stereocenters. The maximum Gasteiger partial charge on any atom is 0.335 e. The number of carboxylic acid groups (broad SMARTS) is 1. The van der Waals surface area contributed by atoms with Crippen molar-refractivity contribution >= 4 is 59.2 Å². The van der Waals surface area contributed by atoms with Crippen molar-refractivity contribution in [3.63, 3.8) is 0 Å². The number of nitrogens with zero attached hydrogens (tertiary/aromatic N) is 2. The van der Waals surface area contributed by atoms with E-state index in [1.807, 2.05) is 13.8 Å². The summed E-state index contributed by atoms with van der Waals surface area (Å²) in [7, 11) is 0. The molecule has 0 aromatic rings. The zero-order chi connectivity index (χ0) is 58.2. The summed E-state index contributed by atoms with van der Waals surface area (Å²) >= 11 is 0. The van der Waals surface area contributed by atoms with Crippen LogP contribution in [0.4, 0.5) is 0 Å². The molecule has 2 saturated heterocycles. The van der Waals surface area contributed by atoms with Crippen LogP contribution < -0.4 is 26.6 Å². The number of carbonyl (C=O) groups excluding carboxylic acids is 9. The van der Waals surface area contributed by atoms with Crippen LogP contribution in [0.25, 0.3) is 0 Å². The first-order chi connectivity index (χ1) is 37.9. The quantitative estimate of drug-likeness (QED) is 0.0245. The molecule has 5 atom stereocenters. The molecule has 0 bridgehead atoms. The second-order valence-electron chi connectivity index (χ2n) is 18.4. The van der Waals surface area contributed by atoms with Crippen LogP contribution in [0, 0.1) is 5.92 Å². The molecule has 0 aliphatic carbocycles. The Balaban J connectivity index is 1.51. The van der Waals surface area contributed by atoms with Gasteiger partial charge in [-0.05, 0) is 45.4 Å². The van der Waals surface area contributed by atoms with Gasteiger partial charge in [0, 0.05) is 38.8 Å². The largest absolute Gasteiger partial charge is 0.481 e. The van der Waals surface area contributed by atoms with E-state index in [1.165, 1.54) is 11.8 Å². The highest BCUT2D eigenvalue weighted by atomic mass is 16.7. The number of aliphatic hydroxyl groups excluding tert-OH is 1. The normalized spacial score (nSPS) is 15.8. The maximum atomic E-state index is 13.9. The number of likely N-dealkylation sites (tertiary alicyclic amines) is 1. The summed E-state index contributed by atoms with van der Waals surface area (Å²) in [5.74, 6) is -7.10. The van der Waals surface area contributed by atoms with E-state index in [9.17, 15) is 58.2 Å². The monoisotopic (exact) mass is 1140 g/mol. The summed E-state index contributed by atoms with van der Waals surface area (Å²) < 4.78 is 49.1. The van der Waals surface area contributed by atoms with E-state index in [-0.39, 0.29) is 90.4 Å². The molecule has 79 heavy (non-hydrogen) atoms. The lowest BCUT2D eigenvalue weighted by Crippen LogP contribution is -2.59. The van der Waals surface area contributed by atoms with E-state index >= 15 is 0 Å². The summed E-state index contributed by atoms with van der Waals surface area (Å²) in [6.07, 6.45) is -1.51. The van der Waals surface area contributed by atoms with Crippen LogP contribution in [0.1, 0.15) is 85.5 Å². The Kier molecular flexibility index (Phi) is 37.4. The molecule has 7 N–H and O–H groups in total. The molecule has 2 rings (SSSR count). The highest BCUT2D eigenvalue weighted by Crippen LogP contribution is 2.21. The lowest BCUT2D eigenvalue weighted by atomic mass is 10.0. The predicted molar refractivity (Wildman–Crippen MR) is 274 cm³/mol. The van der Waals surface area contributed by atoms with Crippen LogP contribution in [-0.4, -0.2) is 248 Å². The third-order valence-electron chi connectivity index (χ3n) is 11.4. The van der Waals surface area contributed by atoms with E-state index in [0.29, 0.717) is 104 Å². The second kappa shape index (κ2) is 42.4. The fourth-order valence-electron chi connectivity index (χ4n) is 7.45. The Hall–Kier alpha value is -5.50. The molecule has 2 fully saturated rings. The molecule has 2 aliphatic heterocycles. The summed E-state index contributed by atoms with van der Waals surface area (Å²) in [5, 5.41) is 32.6. The highest BCUT2D eigenvalue weighted by molar-refractivity contribution is 6.01. The van der Waals surface area contributed by atoms with Gasteiger partial charge in [0.15, 0.2) is 0 Å². The van der Waals surface area contributed by atoms with Crippen molar-refractivity contribution in [2.24, 2.45) is 5.92 Å². The van der Waals surface area contributed by atoms with Gasteiger partial charge in [0.25, 0.3) is 11.8 Å². The lowest BCUT2D eigenvalue weighted by Gasteiger charge is -2.31. The number of hydrogen-bond donors (Lipinski definition) is 7. The van der Waals surface area contributed by atoms with Crippen LogP contribution in [0.2, 0.25) is 0 Å². The molecule has 29 nitrogen and oxygen atoms in total. The number of ether oxygens (including phenoxy) is 9. The molecule has 0 aromatic carbocycles. The first-order valence-corrected chi connectivity index (χ1v) is 26.9. The average molecular weight is 1140 g/mol. The van der Waals surface area contributed by atoms with Crippen molar-refractivity contribution in [1.29, 1.82) is 0 Å². The van der Waals surface area contributed by atoms with Gasteiger partial charge in [0.2, 0.25) is 35.4 Å². The molecule has 2 aliphatic rings. The standard InChI is InChI=1S/C50H85N7O22/c1-5-51-41(60)34-52-49(68)46(36(4)58)55-47(66)37(8-11-44(63)64)54-48(67)39-7-6-14-56(39)50(69)38(33-35(2)3)53-40(59)12-15-70-17-19-72-21-23-74-25-27-76-29-31-78-32-30-77-28-26-75-24-22-73-20-18-71-16-13-45(65)79-57-42(61)9-10-43(57)62/h35-39,46,58H,5-34H2,1-4H3,(H,51,60)(H,52,68)(H,53,59)(H,54,67)(H,55,66)(H,63,64)/t36-,37+,38+,39+,46+/m1/s1. The fraction of sp³-hybridized carbons (Fsp3) is 0.800. The minimum absolute atomic E-state index is 0.0242. The Bertz CT molecular complexity index is 1850. The van der Waals surface area contributed by atoms with E-state index in [1.54, 1.807) is 6.92 Å². The molecular weight excluding hydrogens is 1050 g/mol. The smallest absolute Gasteiger partial charge is 0.335 e. The first kappa shape index (κ1) is 69.6. The zero-order valence-electron chi connectivity index (χ0n) is 46.1. The Morgan fingerprint density at radius 2 is 1.05 bits per heavy atom. The second-order valence-corrected chi connectivity index (χ2v) is 18.4. The van der Waals surface area contributed by atoms with E-state index in [2.05, 4.69) is 26.6 Å². The average Bonchev–Trinajstić information content (AvgIpc) is 4.05. The van der Waals surface area contributed by atoms with Crippen LogP contribution in [0.3, 0.4) is 0 Å². The van der Waals surface area contributed by atoms with Gasteiger partial charge in [-0.3, -0.25) is 43.2 Å². The molecular formula is C50H85N7O22. The maximum absolute atomic E-state index is 13.9. The third-order valence-corrected chi connectivity index (χ3v) is 11.4. The number of hydrogen-bond acceptors (Lipinski definition) is 21. The summed E-state index contributed by atoms with van der Waals surface area (Å²) in [4.78, 5) is 131. The highest BCUT2D eigenvalue weighted by Gasteiger charge is 2.40. The SMILES string of the molecule is CCNC(=O)CNC(=O)[C@@H](NC(=O)[C@H](CCC(=O)O)NC(=O)[C@@H]1CCCN1C(=O)[C@H](CC(C)C)NC(=O)CCOCCOCCOCCOCCOCCOCCOCCOCCOCCC(=O)ON1C(=O)CCC1=O)[C@@H](C)O. The van der Waals surface area contributed by atoms with Crippen molar-refractivity contribution in [2.45, 2.75) is 116 Å². The number of carboxylic acids is 1. The summed E-state index contributed by atoms with van der Waals surface area (Å²) in [6, 6.07) is -5.04. The molecule has 0 radical (unpaired) electrons. The van der Waals surface area contributed by atoms with Crippen molar-refractivity contribution < 1.29 is 106 Å². The van der Waals surface area contributed by atoms with Crippen molar-refractivity contribution in [3.05, 3.63) is 0 Å². The molecule has 8 amide bonds. The van der Waals surface area contributed by atoms with Gasteiger partial charge in [0.05, 0.1) is 138 Å². The minimum Gasteiger partial charge on any atom is -0.481 e. The van der Waals surface area contributed by atoms with Gasteiger partial charge in [-0.25, -0.2) is 4.79 Å². The van der Waals surface area contributed by atoms with Gasteiger partial charge in [-0.1, -0.05) is 13.8 Å². The van der Waals surface area contributed by atoms with Gasteiger partial charge in [0.1, 0.15) is 24.2 Å². The molecule has 0 spiro atoms. The van der Waals surface area contributed by atoms with Crippen molar-refractivity contribution in [1.82, 2.24) is 36.5 Å². The number of aliphatic carboxylic acids is 1. The fourth-order valence-corrected chi connectivity index (χ4v) is 7.45. The number of imide groups is 1. The van der Waals surface area contributed by atoms with Crippen LogP contribution in [-0.2, 0) is 95.4 Å². The number of aliphatic hydroxyl groups is 1. The zero-order valence-corrected chi connectivity index (χ0v) is 46.1. The van der Waals surface area contributed by atoms with Gasteiger partial charge in [-0.2, -0.15) is 0 Å². The lowest BCUT2D eigenvalue weighted by molar-refractivity contribution is -0.198. The number of amides is 8. The van der Waals surface area contributed by atoms with Gasteiger partial charge < -0.3 is 89.2 Å². The van der Waals surface area contributed by atoms with E-state index in [0.717, 1.165) is 0 Å². The predicted octanol–water partition coefficient (Wildman–Crippen LogP) is -2.49. The molecule has 29 heteroatoms. The first-order valence-electron chi connectivity index (χ1n) is 26.9. The van der Waals surface area contributed by atoms with Crippen LogP contribution in [0.5, 0.6) is 0 Å². The number of rotatable bonds is 47. The molecule has 452 valence electrons. The Labute approximate surface area is 460 Å². The third kappa shape index (κ3) is 31.8. The number of hydroxylamine groups is 2. The summed E-state index contributed by atoms with van der Waals surface area (Å²) in [6.45, 7) is 12.3. The van der Waals surface area contributed by atoms with Crippen molar-refractivity contribution in [2.75, 3.05) is 139 Å². The van der Waals surface area contributed by atoms with Crippen LogP contribution >= 0.6 is 0 Å². The van der Waals surface area contributed by atoms with Gasteiger partial charge in [-0.15, -0.1) is 5.06 Å². The van der Waals surface area contributed by atoms with E-state index in [4.69, 9.17) is 47.5 Å². The number of likely N-dealkylation sites (N-methyl/N-ethyl adjacent to an activating group) is 1. The van der Waals surface area contributed by atoms with Crippen LogP contribution in [0.15, 0.2) is 0 Å². The number of carbonyl (C=O) groups is 10. The topological polar surface area (TPSA) is 370 Å². The molecule has 0 saturated carbocycles. The molecule has 0 aromatic heterocycles. The van der Waals surface area contributed by atoms with E-state index < -0.39 is 102 Å². The summed E-state index contributed by atoms with van der Waals surface area (Å²) in [5.41, 5.74) is 0. The van der Waals surface area contributed by atoms with Gasteiger partial charge >= 0.3 is 11.9 Å².